The van der Waals surface area contributed by atoms with Crippen LogP contribution in [-0.4, -0.2) is 0 Å². The first-order chi connectivity index (χ1) is 4.79. The van der Waals surface area contributed by atoms with Gasteiger partial charge in [0, 0.05) is 0 Å². The Hall–Kier alpha value is -0.643. The van der Waals surface area contributed by atoms with Crippen LogP contribution in [-0.2, 0) is 6.42 Å². The molecule has 0 unspecified atom stereocenters. The van der Waals surface area contributed by atoms with Crippen LogP contribution in [0.15, 0.2) is 42.7 Å². The minimum Gasteiger partial charge on any atom is -0.876 e. The molecule has 0 radical (unpaired) electrons. The fraction of sp³-hybridized carbons (Fsp3) is 0.111. The Balaban J connectivity index is 0.000001000. The molecule has 0 aliphatic heterocycles. The van der Waals surface area contributed by atoms with Crippen molar-refractivity contribution in [3.63, 3.8) is 0 Å². The van der Waals surface area contributed by atoms with E-state index in [4.69, 9.17) is 0 Å². The van der Waals surface area contributed by atoms with Gasteiger partial charge in [0.05, 0.1) is 0 Å². The zero-order chi connectivity index (χ0) is 7.40. The van der Waals surface area contributed by atoms with Crippen molar-refractivity contribution in [1.29, 1.82) is 0 Å². The van der Waals surface area contributed by atoms with Crippen LogP contribution in [0.4, 0.5) is 0 Å². The average Bonchev–Trinajstić information content (AvgIpc) is 1.88. The molecule has 2 heteroatoms. The van der Waals surface area contributed by atoms with Gasteiger partial charge in [0.2, 0.25) is 0 Å². The minimum absolute atomic E-state index is 0. The van der Waals surface area contributed by atoms with Crippen molar-refractivity contribution in [1.82, 2.24) is 0 Å². The summed E-state index contributed by atoms with van der Waals surface area (Å²) in [6.45, 7) is 3.29. The summed E-state index contributed by atoms with van der Waals surface area (Å²) in [6.07, 6.45) is 0.445. The molecule has 0 N–H and O–H groups in total. The molecule has 0 heterocycles. The summed E-state index contributed by atoms with van der Waals surface area (Å²) in [5.74, 6) is -0.0359. The fourth-order valence-corrected chi connectivity index (χ4v) is 0.824. The maximum atomic E-state index is 10.5. The number of rotatable bonds is 2. The summed E-state index contributed by atoms with van der Waals surface area (Å²) in [7, 11) is 0. The first-order valence-electron chi connectivity index (χ1n) is 3.18. The van der Waals surface area contributed by atoms with Gasteiger partial charge < -0.3 is 5.11 Å². The summed E-state index contributed by atoms with van der Waals surface area (Å²) < 4.78 is 0. The molecule has 0 atom stereocenters. The van der Waals surface area contributed by atoms with Gasteiger partial charge in [-0.05, 0) is 12.0 Å². The van der Waals surface area contributed by atoms with E-state index in [2.05, 4.69) is 6.58 Å². The molecule has 0 saturated carbocycles. The van der Waals surface area contributed by atoms with Gasteiger partial charge in [0.15, 0.2) is 0 Å². The van der Waals surface area contributed by atoms with Gasteiger partial charge >= 0.3 is 18.9 Å². The molecular formula is C9H9LiO. The van der Waals surface area contributed by atoms with Crippen LogP contribution in [0.25, 0.3) is 0 Å². The third-order valence-corrected chi connectivity index (χ3v) is 1.24. The van der Waals surface area contributed by atoms with Crippen molar-refractivity contribution in [2.24, 2.45) is 0 Å². The van der Waals surface area contributed by atoms with E-state index in [-0.39, 0.29) is 24.6 Å². The van der Waals surface area contributed by atoms with Crippen molar-refractivity contribution >= 4 is 0 Å². The second-order valence-corrected chi connectivity index (χ2v) is 2.20. The second-order valence-electron chi connectivity index (χ2n) is 2.20. The number of allylic oxidation sites excluding steroid dienone is 1. The van der Waals surface area contributed by atoms with Crippen LogP contribution >= 0.6 is 0 Å². The van der Waals surface area contributed by atoms with Crippen molar-refractivity contribution in [2.75, 3.05) is 0 Å². The minimum atomic E-state index is -0.0359. The van der Waals surface area contributed by atoms with Gasteiger partial charge in [-0.1, -0.05) is 30.3 Å². The van der Waals surface area contributed by atoms with Crippen molar-refractivity contribution in [2.45, 2.75) is 6.42 Å². The van der Waals surface area contributed by atoms with E-state index < -0.39 is 0 Å². The van der Waals surface area contributed by atoms with Crippen LogP contribution in [0.1, 0.15) is 5.56 Å². The molecule has 0 aromatic heterocycles. The molecule has 0 spiro atoms. The van der Waals surface area contributed by atoms with E-state index in [9.17, 15) is 5.11 Å². The third-order valence-electron chi connectivity index (χ3n) is 1.24. The Morgan fingerprint density at radius 3 is 2.27 bits per heavy atom. The van der Waals surface area contributed by atoms with Crippen LogP contribution in [0, 0.1) is 0 Å². The van der Waals surface area contributed by atoms with Crippen LogP contribution in [0.3, 0.4) is 0 Å². The predicted molar refractivity (Wildman–Crippen MR) is 39.3 cm³/mol. The Kier molecular flexibility index (Phi) is 4.77. The quantitative estimate of drug-likeness (QED) is 0.348. The molecule has 1 aromatic rings. The van der Waals surface area contributed by atoms with Crippen LogP contribution < -0.4 is 24.0 Å². The predicted octanol–water partition coefficient (Wildman–Crippen LogP) is -1.89. The number of hydrogen-bond acceptors (Lipinski definition) is 1. The molecule has 1 nitrogen and oxygen atoms in total. The normalized spacial score (nSPS) is 8.36. The summed E-state index contributed by atoms with van der Waals surface area (Å²) in [5.41, 5.74) is 1.03. The molecule has 11 heavy (non-hydrogen) atoms. The van der Waals surface area contributed by atoms with Gasteiger partial charge in [-0.15, -0.1) is 12.3 Å². The van der Waals surface area contributed by atoms with E-state index >= 15 is 0 Å². The maximum absolute atomic E-state index is 10.5. The second kappa shape index (κ2) is 5.07. The first kappa shape index (κ1) is 10.4. The molecule has 0 saturated heterocycles. The summed E-state index contributed by atoms with van der Waals surface area (Å²) in [5, 5.41) is 10.5. The van der Waals surface area contributed by atoms with E-state index in [0.717, 1.165) is 5.56 Å². The van der Waals surface area contributed by atoms with Gasteiger partial charge in [-0.25, -0.2) is 0 Å². The Morgan fingerprint density at radius 1 is 1.27 bits per heavy atom. The van der Waals surface area contributed by atoms with Crippen molar-refractivity contribution < 1.29 is 24.0 Å². The zero-order valence-electron chi connectivity index (χ0n) is 6.71. The SMILES string of the molecule is C=C([O-])Cc1ccccc1.[Li+]. The monoisotopic (exact) mass is 140 g/mol. The first-order valence-corrected chi connectivity index (χ1v) is 3.18. The standard InChI is InChI=1S/C9H10O.Li/c1-8(10)7-9-5-3-2-4-6-9;/h2-6,10H,1,7H2;/q;+1/p-1. The van der Waals surface area contributed by atoms with Crippen LogP contribution in [0.5, 0.6) is 0 Å². The van der Waals surface area contributed by atoms with E-state index in [1.165, 1.54) is 0 Å². The summed E-state index contributed by atoms with van der Waals surface area (Å²) >= 11 is 0. The van der Waals surface area contributed by atoms with Crippen LogP contribution in [0.2, 0.25) is 0 Å². The van der Waals surface area contributed by atoms with Gasteiger partial charge in [-0.3, -0.25) is 0 Å². The Bertz CT molecular complexity index is 218. The molecule has 1 aromatic carbocycles. The Morgan fingerprint density at radius 2 is 1.82 bits per heavy atom. The average molecular weight is 140 g/mol. The van der Waals surface area contributed by atoms with Crippen molar-refractivity contribution in [3.8, 4) is 0 Å². The smallest absolute Gasteiger partial charge is 0.876 e. The third kappa shape index (κ3) is 3.93. The summed E-state index contributed by atoms with van der Waals surface area (Å²) in [6, 6.07) is 9.60. The van der Waals surface area contributed by atoms with E-state index in [1.807, 2.05) is 30.3 Å². The molecule has 0 amide bonds. The van der Waals surface area contributed by atoms with Gasteiger partial charge in [0.1, 0.15) is 0 Å². The van der Waals surface area contributed by atoms with Gasteiger partial charge in [-0.2, -0.15) is 0 Å². The maximum Gasteiger partial charge on any atom is 1.00 e. The molecular weight excluding hydrogens is 131 g/mol. The fourth-order valence-electron chi connectivity index (χ4n) is 0.824. The van der Waals surface area contributed by atoms with E-state index in [0.29, 0.717) is 6.42 Å². The number of benzene rings is 1. The Labute approximate surface area is 78.9 Å². The summed E-state index contributed by atoms with van der Waals surface area (Å²) in [4.78, 5) is 0. The number of hydrogen-bond donors (Lipinski definition) is 0. The van der Waals surface area contributed by atoms with Crippen molar-refractivity contribution in [3.05, 3.63) is 48.2 Å². The molecule has 0 bridgehead atoms. The molecule has 52 valence electrons. The molecule has 0 fully saturated rings. The van der Waals surface area contributed by atoms with E-state index in [1.54, 1.807) is 0 Å². The largest absolute Gasteiger partial charge is 1.00 e. The topological polar surface area (TPSA) is 23.1 Å². The molecule has 0 aliphatic carbocycles. The molecule has 0 aliphatic rings. The zero-order valence-corrected chi connectivity index (χ0v) is 6.71. The van der Waals surface area contributed by atoms with Gasteiger partial charge in [0.25, 0.3) is 0 Å². The molecule has 1 rings (SSSR count).